The van der Waals surface area contributed by atoms with Crippen LogP contribution in [0.2, 0.25) is 0 Å². The summed E-state index contributed by atoms with van der Waals surface area (Å²) < 4.78 is 0. The predicted molar refractivity (Wildman–Crippen MR) is 48.7 cm³/mol. The number of carbonyl (C=O) groups is 1. The highest BCUT2D eigenvalue weighted by Gasteiger charge is 2.14. The van der Waals surface area contributed by atoms with Gasteiger partial charge in [-0.25, -0.2) is 0 Å². The Morgan fingerprint density at radius 2 is 2.25 bits per heavy atom. The van der Waals surface area contributed by atoms with E-state index in [0.717, 1.165) is 6.42 Å². The van der Waals surface area contributed by atoms with Crippen molar-refractivity contribution in [2.24, 2.45) is 0 Å². The van der Waals surface area contributed by atoms with Crippen molar-refractivity contribution in [3.05, 3.63) is 12.2 Å². The van der Waals surface area contributed by atoms with E-state index in [1.54, 1.807) is 24.9 Å². The number of aliphatic hydroxyl groups is 1. The molecule has 1 atom stereocenters. The fourth-order valence-corrected chi connectivity index (χ4v) is 0.966. The van der Waals surface area contributed by atoms with Crippen LogP contribution in [0.5, 0.6) is 0 Å². The third kappa shape index (κ3) is 3.05. The van der Waals surface area contributed by atoms with E-state index >= 15 is 0 Å². The minimum absolute atomic E-state index is 0.0241. The molecule has 0 saturated heterocycles. The van der Waals surface area contributed by atoms with Gasteiger partial charge in [0.2, 0.25) is 5.91 Å². The van der Waals surface area contributed by atoms with Gasteiger partial charge in [0.1, 0.15) is 0 Å². The molecule has 0 radical (unpaired) electrons. The first-order valence-corrected chi connectivity index (χ1v) is 4.17. The number of aliphatic hydroxyl groups excluding tert-OH is 1. The summed E-state index contributed by atoms with van der Waals surface area (Å²) >= 11 is 0. The third-order valence-electron chi connectivity index (χ3n) is 1.89. The summed E-state index contributed by atoms with van der Waals surface area (Å²) in [6.45, 7) is 3.77. The van der Waals surface area contributed by atoms with Gasteiger partial charge in [-0.05, 0) is 19.4 Å². The Kier molecular flexibility index (Phi) is 5.37. The van der Waals surface area contributed by atoms with Crippen molar-refractivity contribution in [1.82, 2.24) is 4.90 Å². The van der Waals surface area contributed by atoms with Crippen LogP contribution in [-0.4, -0.2) is 35.6 Å². The summed E-state index contributed by atoms with van der Waals surface area (Å²) in [5, 5.41) is 8.90. The molecule has 1 N–H and O–H groups in total. The van der Waals surface area contributed by atoms with E-state index < -0.39 is 0 Å². The fraction of sp³-hybridized carbons (Fsp3) is 0.667. The molecule has 1 amide bonds. The standard InChI is InChI=1S/C9H17NO2/c1-4-6-9(12)10(3)8(5-2)7-11/h4,6,8,11H,5,7H2,1-3H3/b6-4+/t8-/m1/s1. The molecule has 3 heteroatoms. The zero-order chi connectivity index (χ0) is 9.56. The lowest BCUT2D eigenvalue weighted by atomic mass is 10.2. The van der Waals surface area contributed by atoms with Crippen LogP contribution in [0.1, 0.15) is 20.3 Å². The molecule has 0 aromatic rings. The number of amides is 1. The van der Waals surface area contributed by atoms with E-state index in [4.69, 9.17) is 5.11 Å². The van der Waals surface area contributed by atoms with Crippen LogP contribution >= 0.6 is 0 Å². The van der Waals surface area contributed by atoms with Gasteiger partial charge in [0.15, 0.2) is 0 Å². The molecule has 0 unspecified atom stereocenters. The third-order valence-corrected chi connectivity index (χ3v) is 1.89. The Bertz CT molecular complexity index is 162. The molecule has 0 aromatic heterocycles. The van der Waals surface area contributed by atoms with Gasteiger partial charge in [-0.2, -0.15) is 0 Å². The smallest absolute Gasteiger partial charge is 0.246 e. The van der Waals surface area contributed by atoms with Crippen molar-refractivity contribution < 1.29 is 9.90 Å². The van der Waals surface area contributed by atoms with E-state index in [0.29, 0.717) is 0 Å². The normalized spacial score (nSPS) is 13.3. The molecule has 0 heterocycles. The minimum Gasteiger partial charge on any atom is -0.394 e. The van der Waals surface area contributed by atoms with Crippen molar-refractivity contribution in [1.29, 1.82) is 0 Å². The van der Waals surface area contributed by atoms with Crippen molar-refractivity contribution >= 4 is 5.91 Å². The number of hydrogen-bond donors (Lipinski definition) is 1. The first kappa shape index (κ1) is 11.2. The lowest BCUT2D eigenvalue weighted by Crippen LogP contribution is -2.37. The number of likely N-dealkylation sites (N-methyl/N-ethyl adjacent to an activating group) is 1. The Morgan fingerprint density at radius 1 is 1.67 bits per heavy atom. The molecular formula is C9H17NO2. The highest BCUT2D eigenvalue weighted by molar-refractivity contribution is 5.87. The van der Waals surface area contributed by atoms with Crippen molar-refractivity contribution in [2.45, 2.75) is 26.3 Å². The van der Waals surface area contributed by atoms with Gasteiger partial charge in [0, 0.05) is 7.05 Å². The molecule has 0 rings (SSSR count). The Morgan fingerprint density at radius 3 is 2.58 bits per heavy atom. The van der Waals surface area contributed by atoms with Gasteiger partial charge >= 0.3 is 0 Å². The summed E-state index contributed by atoms with van der Waals surface area (Å²) in [4.78, 5) is 12.8. The fourth-order valence-electron chi connectivity index (χ4n) is 0.966. The summed E-state index contributed by atoms with van der Waals surface area (Å²) in [5.74, 6) is -0.0570. The average Bonchev–Trinajstić information content (AvgIpc) is 2.07. The van der Waals surface area contributed by atoms with Crippen LogP contribution < -0.4 is 0 Å². The van der Waals surface area contributed by atoms with Crippen molar-refractivity contribution in [3.8, 4) is 0 Å². The highest BCUT2D eigenvalue weighted by Crippen LogP contribution is 2.01. The maximum atomic E-state index is 11.2. The SMILES string of the molecule is C/C=C/C(=O)N(C)[C@H](CC)CO. The van der Waals surface area contributed by atoms with E-state index in [9.17, 15) is 4.79 Å². The van der Waals surface area contributed by atoms with Crippen molar-refractivity contribution in [2.75, 3.05) is 13.7 Å². The van der Waals surface area contributed by atoms with E-state index in [1.807, 2.05) is 6.92 Å². The molecule has 0 aromatic carbocycles. The largest absolute Gasteiger partial charge is 0.394 e. The molecule has 0 fully saturated rings. The van der Waals surface area contributed by atoms with E-state index in [2.05, 4.69) is 0 Å². The van der Waals surface area contributed by atoms with Crippen LogP contribution in [0.3, 0.4) is 0 Å². The number of allylic oxidation sites excluding steroid dienone is 1. The van der Waals surface area contributed by atoms with Crippen LogP contribution in [0.15, 0.2) is 12.2 Å². The quantitative estimate of drug-likeness (QED) is 0.635. The Hall–Kier alpha value is -0.830. The Labute approximate surface area is 73.7 Å². The lowest BCUT2D eigenvalue weighted by molar-refractivity contribution is -0.127. The number of hydrogen-bond acceptors (Lipinski definition) is 2. The topological polar surface area (TPSA) is 40.5 Å². The van der Waals surface area contributed by atoms with E-state index in [1.165, 1.54) is 6.08 Å². The number of carbonyl (C=O) groups excluding carboxylic acids is 1. The molecule has 0 spiro atoms. The maximum Gasteiger partial charge on any atom is 0.246 e. The molecule has 0 bridgehead atoms. The second-order valence-electron chi connectivity index (χ2n) is 2.69. The summed E-state index contributed by atoms with van der Waals surface area (Å²) in [6.07, 6.45) is 3.97. The molecule has 70 valence electrons. The molecule has 0 saturated carbocycles. The second-order valence-corrected chi connectivity index (χ2v) is 2.69. The van der Waals surface area contributed by atoms with Gasteiger partial charge in [0.05, 0.1) is 12.6 Å². The second kappa shape index (κ2) is 5.77. The monoisotopic (exact) mass is 171 g/mol. The molecule has 3 nitrogen and oxygen atoms in total. The minimum atomic E-state index is -0.0614. The van der Waals surface area contributed by atoms with Gasteiger partial charge in [-0.3, -0.25) is 4.79 Å². The Balaban J connectivity index is 4.15. The average molecular weight is 171 g/mol. The van der Waals surface area contributed by atoms with Crippen molar-refractivity contribution in [3.63, 3.8) is 0 Å². The molecule has 12 heavy (non-hydrogen) atoms. The zero-order valence-electron chi connectivity index (χ0n) is 7.95. The molecule has 0 aliphatic rings. The number of rotatable bonds is 4. The first-order chi connectivity index (χ1) is 5.67. The van der Waals surface area contributed by atoms with E-state index in [-0.39, 0.29) is 18.6 Å². The van der Waals surface area contributed by atoms with Crippen LogP contribution in [-0.2, 0) is 4.79 Å². The van der Waals surface area contributed by atoms with Gasteiger partial charge in [0.25, 0.3) is 0 Å². The highest BCUT2D eigenvalue weighted by atomic mass is 16.3. The maximum absolute atomic E-state index is 11.2. The molecule has 0 aliphatic heterocycles. The van der Waals surface area contributed by atoms with Crippen LogP contribution in [0.25, 0.3) is 0 Å². The first-order valence-electron chi connectivity index (χ1n) is 4.17. The summed E-state index contributed by atoms with van der Waals surface area (Å²) in [7, 11) is 1.70. The van der Waals surface area contributed by atoms with Gasteiger partial charge < -0.3 is 10.0 Å². The summed E-state index contributed by atoms with van der Waals surface area (Å²) in [6, 6.07) is -0.0614. The summed E-state index contributed by atoms with van der Waals surface area (Å²) in [5.41, 5.74) is 0. The number of nitrogens with zero attached hydrogens (tertiary/aromatic N) is 1. The predicted octanol–water partition coefficient (Wildman–Crippen LogP) is 0.792. The van der Waals surface area contributed by atoms with Crippen LogP contribution in [0, 0.1) is 0 Å². The molecule has 0 aliphatic carbocycles. The lowest BCUT2D eigenvalue weighted by Gasteiger charge is -2.24. The van der Waals surface area contributed by atoms with Crippen LogP contribution in [0.4, 0.5) is 0 Å². The van der Waals surface area contributed by atoms with Gasteiger partial charge in [-0.15, -0.1) is 0 Å². The molecular weight excluding hydrogens is 154 g/mol. The zero-order valence-corrected chi connectivity index (χ0v) is 7.95. The van der Waals surface area contributed by atoms with Gasteiger partial charge in [-0.1, -0.05) is 13.0 Å².